The molecule has 2 heterocycles. The van der Waals surface area contributed by atoms with Crippen LogP contribution in [0.1, 0.15) is 35.8 Å². The molecule has 0 saturated carbocycles. The van der Waals surface area contributed by atoms with Gasteiger partial charge in [-0.05, 0) is 25.0 Å². The van der Waals surface area contributed by atoms with E-state index in [9.17, 15) is 4.79 Å². The Morgan fingerprint density at radius 3 is 3.06 bits per heavy atom. The summed E-state index contributed by atoms with van der Waals surface area (Å²) in [6.07, 6.45) is 2.67. The molecule has 0 amide bonds. The number of pyridine rings is 1. The molecule has 1 fully saturated rings. The van der Waals surface area contributed by atoms with Gasteiger partial charge in [-0.2, -0.15) is 0 Å². The van der Waals surface area contributed by atoms with Gasteiger partial charge in [0.25, 0.3) is 0 Å². The van der Waals surface area contributed by atoms with Crippen molar-refractivity contribution in [2.75, 3.05) is 18.5 Å². The normalized spacial score (nSPS) is 18.8. The highest BCUT2D eigenvalue weighted by Gasteiger charge is 2.17. The number of carboxylic acids is 1. The summed E-state index contributed by atoms with van der Waals surface area (Å²) in [5.74, 6) is -0.283. The summed E-state index contributed by atoms with van der Waals surface area (Å²) in [5, 5.41) is 12.3. The van der Waals surface area contributed by atoms with E-state index in [0.29, 0.717) is 12.4 Å². The van der Waals surface area contributed by atoms with Crippen LogP contribution in [0.2, 0.25) is 0 Å². The monoisotopic (exact) mass is 250 g/mol. The molecule has 0 radical (unpaired) electrons. The lowest BCUT2D eigenvalue weighted by molar-refractivity contribution is 0.0696. The second-order valence-corrected chi connectivity index (χ2v) is 4.49. The van der Waals surface area contributed by atoms with Crippen LogP contribution >= 0.6 is 0 Å². The molecule has 2 N–H and O–H groups in total. The highest BCUT2D eigenvalue weighted by molar-refractivity contribution is 5.88. The van der Waals surface area contributed by atoms with Crippen molar-refractivity contribution in [2.45, 2.75) is 32.2 Å². The Morgan fingerprint density at radius 1 is 1.61 bits per heavy atom. The molecule has 2 rings (SSSR count). The summed E-state index contributed by atoms with van der Waals surface area (Å²) in [4.78, 5) is 15.5. The Morgan fingerprint density at radius 2 is 2.44 bits per heavy atom. The highest BCUT2D eigenvalue weighted by atomic mass is 16.5. The molecule has 1 saturated heterocycles. The van der Waals surface area contributed by atoms with Crippen molar-refractivity contribution in [1.82, 2.24) is 4.98 Å². The number of nitrogens with zero attached hydrogens (tertiary/aromatic N) is 1. The highest BCUT2D eigenvalue weighted by Crippen LogP contribution is 2.16. The van der Waals surface area contributed by atoms with Crippen LogP contribution < -0.4 is 5.32 Å². The number of carboxylic acid groups (broad SMARTS) is 1. The maximum atomic E-state index is 11.1. The summed E-state index contributed by atoms with van der Waals surface area (Å²) >= 11 is 0. The smallest absolute Gasteiger partial charge is 0.335 e. The molecule has 0 bridgehead atoms. The average Bonchev–Trinajstić information content (AvgIpc) is 2.82. The lowest BCUT2D eigenvalue weighted by Crippen LogP contribution is -2.20. The van der Waals surface area contributed by atoms with Gasteiger partial charge >= 0.3 is 5.97 Å². The predicted octanol–water partition coefficient (Wildman–Crippen LogP) is 1.93. The Labute approximate surface area is 106 Å². The molecule has 1 unspecified atom stereocenters. The third kappa shape index (κ3) is 3.20. The first-order valence-electron chi connectivity index (χ1n) is 6.27. The molecule has 0 spiro atoms. The van der Waals surface area contributed by atoms with Crippen LogP contribution in [0, 0.1) is 0 Å². The van der Waals surface area contributed by atoms with Crippen LogP contribution in [0.3, 0.4) is 0 Å². The molecular formula is C13H18N2O3. The molecule has 0 aromatic carbocycles. The van der Waals surface area contributed by atoms with Gasteiger partial charge in [-0.1, -0.05) is 13.3 Å². The minimum absolute atomic E-state index is 0.232. The Kier molecular flexibility index (Phi) is 4.15. The third-order valence-corrected chi connectivity index (χ3v) is 2.91. The number of anilines is 1. The Hall–Kier alpha value is -1.62. The van der Waals surface area contributed by atoms with Crippen molar-refractivity contribution >= 4 is 11.8 Å². The minimum Gasteiger partial charge on any atom is -0.478 e. The SMILES string of the molecule is CCCc1cc(C(=O)O)cc(NC2CCOC2)n1. The van der Waals surface area contributed by atoms with Crippen LogP contribution in [-0.4, -0.2) is 35.3 Å². The maximum absolute atomic E-state index is 11.1. The molecule has 18 heavy (non-hydrogen) atoms. The fourth-order valence-corrected chi connectivity index (χ4v) is 2.03. The van der Waals surface area contributed by atoms with Crippen LogP contribution in [-0.2, 0) is 11.2 Å². The molecule has 1 aliphatic heterocycles. The second-order valence-electron chi connectivity index (χ2n) is 4.49. The van der Waals surface area contributed by atoms with Crippen LogP contribution in [0.5, 0.6) is 0 Å². The van der Waals surface area contributed by atoms with E-state index in [4.69, 9.17) is 9.84 Å². The van der Waals surface area contributed by atoms with E-state index in [1.807, 2.05) is 6.92 Å². The van der Waals surface area contributed by atoms with E-state index in [1.165, 1.54) is 0 Å². The summed E-state index contributed by atoms with van der Waals surface area (Å²) in [5.41, 5.74) is 1.11. The standard InChI is InChI=1S/C13H18N2O3/c1-2-3-10-6-9(13(16)17)7-12(14-10)15-11-4-5-18-8-11/h6-7,11H,2-5,8H2,1H3,(H,14,15)(H,16,17). The van der Waals surface area contributed by atoms with Gasteiger partial charge in [-0.3, -0.25) is 0 Å². The molecule has 0 aliphatic carbocycles. The number of carbonyl (C=O) groups is 1. The number of aromatic carboxylic acids is 1. The van der Waals surface area contributed by atoms with E-state index < -0.39 is 5.97 Å². The average molecular weight is 250 g/mol. The van der Waals surface area contributed by atoms with Gasteiger partial charge in [0.05, 0.1) is 18.2 Å². The first-order chi connectivity index (χ1) is 8.69. The predicted molar refractivity (Wildman–Crippen MR) is 68.0 cm³/mol. The minimum atomic E-state index is -0.916. The molecule has 1 atom stereocenters. The summed E-state index contributed by atoms with van der Waals surface area (Å²) in [7, 11) is 0. The van der Waals surface area contributed by atoms with Crippen molar-refractivity contribution in [2.24, 2.45) is 0 Å². The van der Waals surface area contributed by atoms with Gasteiger partial charge in [0.1, 0.15) is 5.82 Å². The number of hydrogen-bond donors (Lipinski definition) is 2. The van der Waals surface area contributed by atoms with Gasteiger partial charge < -0.3 is 15.2 Å². The number of aromatic nitrogens is 1. The van der Waals surface area contributed by atoms with Gasteiger partial charge in [-0.25, -0.2) is 9.78 Å². The topological polar surface area (TPSA) is 71.5 Å². The van der Waals surface area contributed by atoms with Gasteiger partial charge in [-0.15, -0.1) is 0 Å². The number of hydrogen-bond acceptors (Lipinski definition) is 4. The largest absolute Gasteiger partial charge is 0.478 e. The van der Waals surface area contributed by atoms with E-state index in [-0.39, 0.29) is 11.6 Å². The summed E-state index contributed by atoms with van der Waals surface area (Å²) in [6, 6.07) is 3.46. The molecule has 5 heteroatoms. The Balaban J connectivity index is 2.18. The molecule has 1 aromatic rings. The van der Waals surface area contributed by atoms with Crippen LogP contribution in [0.15, 0.2) is 12.1 Å². The van der Waals surface area contributed by atoms with Crippen molar-refractivity contribution < 1.29 is 14.6 Å². The number of rotatable bonds is 5. The number of ether oxygens (including phenoxy) is 1. The van der Waals surface area contributed by atoms with E-state index in [2.05, 4.69) is 10.3 Å². The first kappa shape index (κ1) is 12.8. The van der Waals surface area contributed by atoms with Crippen molar-refractivity contribution in [3.63, 3.8) is 0 Å². The first-order valence-corrected chi connectivity index (χ1v) is 6.27. The number of aryl methyl sites for hydroxylation is 1. The number of nitrogens with one attached hydrogen (secondary N) is 1. The van der Waals surface area contributed by atoms with Crippen molar-refractivity contribution in [3.05, 3.63) is 23.4 Å². The molecule has 98 valence electrons. The van der Waals surface area contributed by atoms with Crippen molar-refractivity contribution in [1.29, 1.82) is 0 Å². The second kappa shape index (κ2) is 5.82. The van der Waals surface area contributed by atoms with Gasteiger partial charge in [0, 0.05) is 12.3 Å². The van der Waals surface area contributed by atoms with E-state index in [0.717, 1.165) is 31.6 Å². The van der Waals surface area contributed by atoms with E-state index >= 15 is 0 Å². The summed E-state index contributed by atoms with van der Waals surface area (Å²) in [6.45, 7) is 3.45. The lowest BCUT2D eigenvalue weighted by atomic mass is 10.1. The fourth-order valence-electron chi connectivity index (χ4n) is 2.03. The van der Waals surface area contributed by atoms with Crippen LogP contribution in [0.25, 0.3) is 0 Å². The fraction of sp³-hybridized carbons (Fsp3) is 0.538. The zero-order chi connectivity index (χ0) is 13.0. The Bertz CT molecular complexity index is 428. The molecule has 1 aliphatic rings. The molecule has 5 nitrogen and oxygen atoms in total. The summed E-state index contributed by atoms with van der Waals surface area (Å²) < 4.78 is 5.28. The van der Waals surface area contributed by atoms with Gasteiger partial charge in [0.2, 0.25) is 0 Å². The van der Waals surface area contributed by atoms with Crippen molar-refractivity contribution in [3.8, 4) is 0 Å². The molecular weight excluding hydrogens is 232 g/mol. The molecule has 1 aromatic heterocycles. The zero-order valence-electron chi connectivity index (χ0n) is 10.5. The van der Waals surface area contributed by atoms with E-state index in [1.54, 1.807) is 12.1 Å². The third-order valence-electron chi connectivity index (χ3n) is 2.91. The zero-order valence-corrected chi connectivity index (χ0v) is 10.5. The maximum Gasteiger partial charge on any atom is 0.335 e. The van der Waals surface area contributed by atoms with Gasteiger partial charge in [0.15, 0.2) is 0 Å². The quantitative estimate of drug-likeness (QED) is 0.835. The van der Waals surface area contributed by atoms with Crippen LogP contribution in [0.4, 0.5) is 5.82 Å². The lowest BCUT2D eigenvalue weighted by Gasteiger charge is -2.13.